The van der Waals surface area contributed by atoms with Gasteiger partial charge in [0, 0.05) is 15.7 Å². The third-order valence-electron chi connectivity index (χ3n) is 2.40. The number of unbranched alkanes of at least 4 members (excludes halogenated alkanes) is 1. The van der Waals surface area contributed by atoms with E-state index in [0.717, 1.165) is 18.6 Å². The van der Waals surface area contributed by atoms with Crippen molar-refractivity contribution in [2.24, 2.45) is 5.73 Å². The molecule has 1 amide bonds. The van der Waals surface area contributed by atoms with E-state index in [-0.39, 0.29) is 5.56 Å². The second kappa shape index (κ2) is 7.09. The van der Waals surface area contributed by atoms with Crippen LogP contribution in [0.4, 0.5) is 13.2 Å². The van der Waals surface area contributed by atoms with Crippen molar-refractivity contribution in [3.8, 4) is 0 Å². The van der Waals surface area contributed by atoms with Gasteiger partial charge in [0.05, 0.1) is 5.56 Å². The van der Waals surface area contributed by atoms with Gasteiger partial charge in [-0.3, -0.25) is 4.79 Å². The van der Waals surface area contributed by atoms with Crippen LogP contribution in [0.1, 0.15) is 28.8 Å². The molecule has 19 heavy (non-hydrogen) atoms. The van der Waals surface area contributed by atoms with Gasteiger partial charge >= 0.3 is 6.18 Å². The molecule has 1 aromatic rings. The van der Waals surface area contributed by atoms with Crippen molar-refractivity contribution in [1.82, 2.24) is 5.32 Å². The number of benzene rings is 1. The molecule has 1 rings (SSSR count). The van der Waals surface area contributed by atoms with Crippen LogP contribution >= 0.6 is 22.6 Å². The summed E-state index contributed by atoms with van der Waals surface area (Å²) in [7, 11) is 0. The fourth-order valence-corrected chi connectivity index (χ4v) is 2.13. The third kappa shape index (κ3) is 5.35. The smallest absolute Gasteiger partial charge is 0.352 e. The van der Waals surface area contributed by atoms with Gasteiger partial charge in [-0.1, -0.05) is 0 Å². The monoisotopic (exact) mass is 386 g/mol. The Hall–Kier alpha value is -0.830. The lowest BCUT2D eigenvalue weighted by Gasteiger charge is -2.10. The molecule has 1 aromatic carbocycles. The predicted octanol–water partition coefficient (Wildman–Crippen LogP) is 2.78. The van der Waals surface area contributed by atoms with E-state index in [1.54, 1.807) is 22.6 Å². The van der Waals surface area contributed by atoms with Gasteiger partial charge in [0.1, 0.15) is 0 Å². The number of nitrogens with one attached hydrogen (secondary N) is 1. The molecule has 0 aliphatic carbocycles. The maximum atomic E-state index is 12.6. The molecule has 0 atom stereocenters. The van der Waals surface area contributed by atoms with Gasteiger partial charge in [0.2, 0.25) is 0 Å². The maximum Gasteiger partial charge on any atom is 0.416 e. The van der Waals surface area contributed by atoms with E-state index in [1.165, 1.54) is 6.07 Å². The average molecular weight is 386 g/mol. The second-order valence-corrected chi connectivity index (χ2v) is 5.22. The first-order valence-corrected chi connectivity index (χ1v) is 6.78. The minimum Gasteiger partial charge on any atom is -0.352 e. The molecule has 0 bridgehead atoms. The van der Waals surface area contributed by atoms with E-state index in [4.69, 9.17) is 5.73 Å². The summed E-state index contributed by atoms with van der Waals surface area (Å²) in [5, 5.41) is 2.57. The quantitative estimate of drug-likeness (QED) is 0.604. The van der Waals surface area contributed by atoms with Crippen molar-refractivity contribution in [1.29, 1.82) is 0 Å². The van der Waals surface area contributed by atoms with Crippen LogP contribution in [-0.2, 0) is 6.18 Å². The topological polar surface area (TPSA) is 55.1 Å². The average Bonchev–Trinajstić information content (AvgIpc) is 2.32. The van der Waals surface area contributed by atoms with Gasteiger partial charge in [0.25, 0.3) is 5.91 Å². The van der Waals surface area contributed by atoms with Crippen LogP contribution in [0.15, 0.2) is 18.2 Å². The summed E-state index contributed by atoms with van der Waals surface area (Å²) >= 11 is 1.76. The van der Waals surface area contributed by atoms with Gasteiger partial charge < -0.3 is 11.1 Å². The fourth-order valence-electron chi connectivity index (χ4n) is 1.46. The molecule has 7 heteroatoms. The van der Waals surface area contributed by atoms with Crippen LogP contribution in [0.25, 0.3) is 0 Å². The molecule has 0 aromatic heterocycles. The summed E-state index contributed by atoms with van der Waals surface area (Å²) in [5.41, 5.74) is 4.51. The largest absolute Gasteiger partial charge is 0.416 e. The Morgan fingerprint density at radius 2 is 1.95 bits per heavy atom. The molecule has 3 N–H and O–H groups in total. The van der Waals surface area contributed by atoms with Gasteiger partial charge in [-0.25, -0.2) is 0 Å². The summed E-state index contributed by atoms with van der Waals surface area (Å²) in [6.45, 7) is 0.931. The molecule has 0 unspecified atom stereocenters. The predicted molar refractivity (Wildman–Crippen MR) is 74.8 cm³/mol. The molecule has 0 spiro atoms. The summed E-state index contributed by atoms with van der Waals surface area (Å²) in [5.74, 6) is -0.499. The minimum absolute atomic E-state index is 0.0203. The van der Waals surface area contributed by atoms with E-state index in [9.17, 15) is 18.0 Å². The zero-order chi connectivity index (χ0) is 14.5. The highest BCUT2D eigenvalue weighted by atomic mass is 127. The standard InChI is InChI=1S/C12H14F3IN2O/c13-12(14,15)9-5-8(6-10(16)7-9)11(19)18-4-2-1-3-17/h5-7H,1-4,17H2,(H,18,19). The summed E-state index contributed by atoms with van der Waals surface area (Å²) < 4.78 is 38.2. The number of hydrogen-bond acceptors (Lipinski definition) is 2. The molecule has 0 saturated carbocycles. The minimum atomic E-state index is -4.45. The Kier molecular flexibility index (Phi) is 6.05. The van der Waals surface area contributed by atoms with Crippen molar-refractivity contribution in [3.63, 3.8) is 0 Å². The molecule has 0 radical (unpaired) electrons. The number of carbonyl (C=O) groups excluding carboxylic acids is 1. The number of amides is 1. The van der Waals surface area contributed by atoms with E-state index in [1.807, 2.05) is 0 Å². The molecule has 0 heterocycles. The van der Waals surface area contributed by atoms with Crippen molar-refractivity contribution < 1.29 is 18.0 Å². The van der Waals surface area contributed by atoms with Crippen molar-refractivity contribution in [3.05, 3.63) is 32.9 Å². The summed E-state index contributed by atoms with van der Waals surface area (Å²) in [4.78, 5) is 11.7. The van der Waals surface area contributed by atoms with Gasteiger partial charge in [-0.05, 0) is 60.2 Å². The van der Waals surface area contributed by atoms with Gasteiger partial charge in [-0.2, -0.15) is 13.2 Å². The number of carbonyl (C=O) groups is 1. The Bertz CT molecular complexity index is 449. The molecule has 0 aliphatic heterocycles. The van der Waals surface area contributed by atoms with Crippen LogP contribution in [0.2, 0.25) is 0 Å². The van der Waals surface area contributed by atoms with E-state index >= 15 is 0 Å². The zero-order valence-corrected chi connectivity index (χ0v) is 12.2. The van der Waals surface area contributed by atoms with Gasteiger partial charge in [-0.15, -0.1) is 0 Å². The SMILES string of the molecule is NCCCCNC(=O)c1cc(I)cc(C(F)(F)F)c1. The highest BCUT2D eigenvalue weighted by Gasteiger charge is 2.31. The number of hydrogen-bond donors (Lipinski definition) is 2. The van der Waals surface area contributed by atoms with Gasteiger partial charge in [0.15, 0.2) is 0 Å². The Morgan fingerprint density at radius 3 is 2.53 bits per heavy atom. The zero-order valence-electron chi connectivity index (χ0n) is 10.1. The Balaban J connectivity index is 2.77. The Morgan fingerprint density at radius 1 is 1.26 bits per heavy atom. The van der Waals surface area contributed by atoms with Crippen LogP contribution in [0.5, 0.6) is 0 Å². The van der Waals surface area contributed by atoms with Crippen molar-refractivity contribution in [2.75, 3.05) is 13.1 Å². The molecule has 0 saturated heterocycles. The summed E-state index contributed by atoms with van der Waals surface area (Å²) in [6.07, 6.45) is -2.98. The highest BCUT2D eigenvalue weighted by Crippen LogP contribution is 2.31. The van der Waals surface area contributed by atoms with Crippen LogP contribution in [0, 0.1) is 3.57 Å². The third-order valence-corrected chi connectivity index (χ3v) is 3.03. The van der Waals surface area contributed by atoms with E-state index in [0.29, 0.717) is 23.1 Å². The van der Waals surface area contributed by atoms with Crippen molar-refractivity contribution in [2.45, 2.75) is 19.0 Å². The fraction of sp³-hybridized carbons (Fsp3) is 0.417. The summed E-state index contributed by atoms with van der Waals surface area (Å²) in [6, 6.07) is 3.29. The number of halogens is 4. The normalized spacial score (nSPS) is 11.4. The first kappa shape index (κ1) is 16.2. The highest BCUT2D eigenvalue weighted by molar-refractivity contribution is 14.1. The molecule has 106 valence electrons. The number of alkyl halides is 3. The first-order chi connectivity index (χ1) is 8.84. The number of nitrogens with two attached hydrogens (primary N) is 1. The van der Waals surface area contributed by atoms with Crippen LogP contribution in [-0.4, -0.2) is 19.0 Å². The molecular weight excluding hydrogens is 372 g/mol. The second-order valence-electron chi connectivity index (χ2n) is 3.98. The molecular formula is C12H14F3IN2O. The van der Waals surface area contributed by atoms with E-state index in [2.05, 4.69) is 5.32 Å². The lowest BCUT2D eigenvalue weighted by molar-refractivity contribution is -0.137. The van der Waals surface area contributed by atoms with E-state index < -0.39 is 17.6 Å². The lowest BCUT2D eigenvalue weighted by Crippen LogP contribution is -2.25. The molecule has 0 aliphatic rings. The lowest BCUT2D eigenvalue weighted by atomic mass is 10.1. The molecule has 3 nitrogen and oxygen atoms in total. The van der Waals surface area contributed by atoms with Crippen LogP contribution in [0.3, 0.4) is 0 Å². The molecule has 0 fully saturated rings. The van der Waals surface area contributed by atoms with Crippen molar-refractivity contribution >= 4 is 28.5 Å². The Labute approximate surface area is 122 Å². The number of rotatable bonds is 5. The first-order valence-electron chi connectivity index (χ1n) is 5.70. The van der Waals surface area contributed by atoms with Crippen LogP contribution < -0.4 is 11.1 Å². The maximum absolute atomic E-state index is 12.6.